The molecule has 0 spiro atoms. The SMILES string of the molecule is [Pt].c1cnc2c(c1)ccc1ccc3cccnc3c12.c1cnc2c(c1)ccc1ccc3cccnc3c12. The Hall–Kier alpha value is -4.27. The largest absolute Gasteiger partial charge is 0.256 e. The van der Waals surface area contributed by atoms with Crippen molar-refractivity contribution in [2.24, 2.45) is 0 Å². The summed E-state index contributed by atoms with van der Waals surface area (Å²) < 4.78 is 0. The fraction of sp³-hybridized carbons (Fsp3) is 0. The van der Waals surface area contributed by atoms with Crippen molar-refractivity contribution in [1.29, 1.82) is 0 Å². The van der Waals surface area contributed by atoms with Gasteiger partial charge in [0.25, 0.3) is 0 Å². The second-order valence-corrected chi connectivity index (χ2v) is 8.76. The van der Waals surface area contributed by atoms with Crippen molar-refractivity contribution in [3.05, 3.63) is 122 Å². The van der Waals surface area contributed by atoms with Crippen LogP contribution in [0.4, 0.5) is 0 Å². The fourth-order valence-corrected chi connectivity index (χ4v) is 4.98. The number of fused-ring (bicyclic) bond motifs is 10. The van der Waals surface area contributed by atoms with E-state index < -0.39 is 0 Å². The Kier molecular flexibility index (Phi) is 6.03. The Morgan fingerprint density at radius 1 is 0.297 bits per heavy atom. The number of pyridine rings is 4. The quantitative estimate of drug-likeness (QED) is 0.156. The molecule has 0 amide bonds. The number of nitrogens with zero attached hydrogens (tertiary/aromatic N) is 4. The summed E-state index contributed by atoms with van der Waals surface area (Å²) in [6.45, 7) is 0. The zero-order valence-corrected chi connectivity index (χ0v) is 21.9. The van der Waals surface area contributed by atoms with Gasteiger partial charge in [-0.05, 0) is 35.0 Å². The summed E-state index contributed by atoms with van der Waals surface area (Å²) in [5, 5.41) is 9.29. The zero-order valence-electron chi connectivity index (χ0n) is 19.7. The van der Waals surface area contributed by atoms with Crippen LogP contribution < -0.4 is 0 Å². The van der Waals surface area contributed by atoms with Crippen molar-refractivity contribution in [2.75, 3.05) is 0 Å². The van der Waals surface area contributed by atoms with Crippen LogP contribution in [-0.2, 0) is 21.1 Å². The van der Waals surface area contributed by atoms with E-state index in [1.807, 2.05) is 49.1 Å². The first-order chi connectivity index (χ1) is 17.9. The number of aromatic nitrogens is 4. The van der Waals surface area contributed by atoms with E-state index in [-0.39, 0.29) is 21.1 Å². The molecule has 0 aliphatic carbocycles. The Bertz CT molecular complexity index is 1780. The van der Waals surface area contributed by atoms with Gasteiger partial charge in [0.2, 0.25) is 0 Å². The van der Waals surface area contributed by atoms with Crippen molar-refractivity contribution in [2.45, 2.75) is 0 Å². The van der Waals surface area contributed by atoms with Crippen LogP contribution in [0.1, 0.15) is 0 Å². The molecule has 0 bridgehead atoms. The van der Waals surface area contributed by atoms with E-state index in [1.54, 1.807) is 0 Å². The molecule has 0 N–H and O–H groups in total. The molecule has 0 aliphatic rings. The normalized spacial score (nSPS) is 11.0. The first-order valence-corrected chi connectivity index (χ1v) is 11.9. The van der Waals surface area contributed by atoms with Gasteiger partial charge in [0.15, 0.2) is 0 Å². The summed E-state index contributed by atoms with van der Waals surface area (Å²) in [7, 11) is 0. The van der Waals surface area contributed by atoms with E-state index in [0.29, 0.717) is 0 Å². The standard InChI is InChI=1S/2C16H10N2.Pt/c2*1-3-12-7-5-11-6-8-13-4-2-10-18-16(13)14(11)15(12)17-9-1;/h2*1-10H;. The minimum Gasteiger partial charge on any atom is -0.256 e. The Labute approximate surface area is 227 Å². The summed E-state index contributed by atoms with van der Waals surface area (Å²) in [6.07, 6.45) is 7.35. The summed E-state index contributed by atoms with van der Waals surface area (Å²) in [5.41, 5.74) is 4.11. The van der Waals surface area contributed by atoms with Gasteiger partial charge in [-0.3, -0.25) is 19.9 Å². The Morgan fingerprint density at radius 3 is 0.811 bits per heavy atom. The Balaban J connectivity index is 0.000000133. The maximum Gasteiger partial charge on any atom is 0.0802 e. The van der Waals surface area contributed by atoms with E-state index in [1.165, 1.54) is 10.8 Å². The predicted molar refractivity (Wildman–Crippen MR) is 149 cm³/mol. The molecule has 0 saturated carbocycles. The molecule has 4 nitrogen and oxygen atoms in total. The van der Waals surface area contributed by atoms with Crippen LogP contribution in [0.2, 0.25) is 0 Å². The van der Waals surface area contributed by atoms with Crippen molar-refractivity contribution >= 4 is 65.2 Å². The topological polar surface area (TPSA) is 51.6 Å². The molecule has 0 fully saturated rings. The van der Waals surface area contributed by atoms with E-state index >= 15 is 0 Å². The monoisotopic (exact) mass is 655 g/mol. The molecule has 5 heteroatoms. The van der Waals surface area contributed by atoms with Crippen LogP contribution in [0, 0.1) is 0 Å². The molecule has 0 unspecified atom stereocenters. The zero-order chi connectivity index (χ0) is 23.9. The van der Waals surface area contributed by atoms with Crippen LogP contribution in [-0.4, -0.2) is 19.9 Å². The Morgan fingerprint density at radius 2 is 0.541 bits per heavy atom. The van der Waals surface area contributed by atoms with E-state index in [2.05, 4.69) is 92.7 Å². The molecule has 0 radical (unpaired) electrons. The third kappa shape index (κ3) is 4.00. The molecule has 4 aromatic heterocycles. The van der Waals surface area contributed by atoms with E-state index in [4.69, 9.17) is 0 Å². The second kappa shape index (κ2) is 9.65. The van der Waals surface area contributed by atoms with Gasteiger partial charge in [-0.25, -0.2) is 0 Å². The predicted octanol–water partition coefficient (Wildman–Crippen LogP) is 7.87. The van der Waals surface area contributed by atoms with Gasteiger partial charge in [-0.1, -0.05) is 72.8 Å². The molecular formula is C32H20N4Pt. The molecule has 0 atom stereocenters. The molecule has 4 aromatic carbocycles. The van der Waals surface area contributed by atoms with Gasteiger partial charge >= 0.3 is 0 Å². The fourth-order valence-electron chi connectivity index (χ4n) is 4.98. The van der Waals surface area contributed by atoms with Crippen molar-refractivity contribution in [1.82, 2.24) is 19.9 Å². The molecule has 0 saturated heterocycles. The maximum absolute atomic E-state index is 4.52. The van der Waals surface area contributed by atoms with Gasteiger partial charge in [0.05, 0.1) is 22.1 Å². The van der Waals surface area contributed by atoms with Gasteiger partial charge < -0.3 is 0 Å². The molecule has 0 aliphatic heterocycles. The van der Waals surface area contributed by atoms with Crippen LogP contribution in [0.5, 0.6) is 0 Å². The first kappa shape index (κ1) is 23.1. The number of hydrogen-bond acceptors (Lipinski definition) is 4. The van der Waals surface area contributed by atoms with E-state index in [0.717, 1.165) is 54.4 Å². The van der Waals surface area contributed by atoms with Crippen molar-refractivity contribution in [3.63, 3.8) is 0 Å². The average molecular weight is 656 g/mol. The van der Waals surface area contributed by atoms with Gasteiger partial charge in [0.1, 0.15) is 0 Å². The molecule has 8 aromatic rings. The summed E-state index contributed by atoms with van der Waals surface area (Å²) in [6, 6.07) is 33.2. The molecular weight excluding hydrogens is 635 g/mol. The minimum absolute atomic E-state index is 0. The summed E-state index contributed by atoms with van der Waals surface area (Å²) >= 11 is 0. The molecule has 37 heavy (non-hydrogen) atoms. The van der Waals surface area contributed by atoms with Crippen LogP contribution in [0.15, 0.2) is 122 Å². The molecule has 8 rings (SSSR count). The van der Waals surface area contributed by atoms with Crippen molar-refractivity contribution in [3.8, 4) is 0 Å². The van der Waals surface area contributed by atoms with Crippen molar-refractivity contribution < 1.29 is 21.1 Å². The number of benzene rings is 4. The summed E-state index contributed by atoms with van der Waals surface area (Å²) in [5.74, 6) is 0. The van der Waals surface area contributed by atoms with Crippen LogP contribution in [0.3, 0.4) is 0 Å². The average Bonchev–Trinajstić information content (AvgIpc) is 2.96. The second-order valence-electron chi connectivity index (χ2n) is 8.76. The third-order valence-corrected chi connectivity index (χ3v) is 6.65. The minimum atomic E-state index is 0. The first-order valence-electron chi connectivity index (χ1n) is 11.9. The van der Waals surface area contributed by atoms with Gasteiger partial charge in [0, 0.05) is 78.2 Å². The number of hydrogen-bond donors (Lipinski definition) is 0. The van der Waals surface area contributed by atoms with Crippen LogP contribution in [0.25, 0.3) is 65.2 Å². The van der Waals surface area contributed by atoms with E-state index in [9.17, 15) is 0 Å². The molecule has 4 heterocycles. The van der Waals surface area contributed by atoms with Gasteiger partial charge in [-0.2, -0.15) is 0 Å². The summed E-state index contributed by atoms with van der Waals surface area (Å²) in [4.78, 5) is 18.1. The maximum atomic E-state index is 4.52. The third-order valence-electron chi connectivity index (χ3n) is 6.65. The van der Waals surface area contributed by atoms with Crippen LogP contribution >= 0.6 is 0 Å². The number of rotatable bonds is 0. The van der Waals surface area contributed by atoms with Gasteiger partial charge in [-0.15, -0.1) is 0 Å². The molecule has 178 valence electrons. The smallest absolute Gasteiger partial charge is 0.0802 e.